The minimum Gasteiger partial charge on any atom is -0.462 e. The van der Waals surface area contributed by atoms with Gasteiger partial charge in [-0.2, -0.15) is 0 Å². The van der Waals surface area contributed by atoms with Gasteiger partial charge in [-0.1, -0.05) is 42.5 Å². The second-order valence-electron chi connectivity index (χ2n) is 8.03. The zero-order valence-corrected chi connectivity index (χ0v) is 16.8. The van der Waals surface area contributed by atoms with E-state index in [9.17, 15) is 9.90 Å². The van der Waals surface area contributed by atoms with Crippen molar-refractivity contribution in [1.29, 1.82) is 0 Å². The third-order valence-electron chi connectivity index (χ3n) is 6.12. The molecule has 0 unspecified atom stereocenters. The monoisotopic (exact) mass is 395 g/mol. The molecule has 5 atom stereocenters. The Morgan fingerprint density at radius 3 is 3.00 bits per heavy atom. The molecule has 1 aromatic heterocycles. The van der Waals surface area contributed by atoms with E-state index in [1.165, 1.54) is 0 Å². The van der Waals surface area contributed by atoms with Crippen LogP contribution in [0.15, 0.2) is 54.6 Å². The molecule has 1 fully saturated rings. The van der Waals surface area contributed by atoms with Gasteiger partial charge in [0.15, 0.2) is 0 Å². The predicted molar refractivity (Wildman–Crippen MR) is 112 cm³/mol. The topological polar surface area (TPSA) is 71.6 Å². The maximum atomic E-state index is 12.1. The van der Waals surface area contributed by atoms with E-state index in [0.29, 0.717) is 12.8 Å². The molecule has 29 heavy (non-hydrogen) atoms. The summed E-state index contributed by atoms with van der Waals surface area (Å²) in [5.74, 6) is -0.140. The Bertz CT molecular complexity index is 866. The number of rotatable bonds is 4. The first-order valence-corrected chi connectivity index (χ1v) is 10.5. The summed E-state index contributed by atoms with van der Waals surface area (Å²) in [6.07, 6.45) is 10.8. The molecule has 5 nitrogen and oxygen atoms in total. The molecule has 1 aromatic carbocycles. The summed E-state index contributed by atoms with van der Waals surface area (Å²) in [7, 11) is 1.68. The van der Waals surface area contributed by atoms with Gasteiger partial charge in [-0.15, -0.1) is 0 Å². The molecule has 2 aliphatic rings. The lowest BCUT2D eigenvalue weighted by atomic mass is 9.89. The fourth-order valence-electron chi connectivity index (χ4n) is 4.57. The van der Waals surface area contributed by atoms with Crippen molar-refractivity contribution in [3.05, 3.63) is 60.3 Å². The van der Waals surface area contributed by atoms with Crippen LogP contribution in [0.25, 0.3) is 10.9 Å². The van der Waals surface area contributed by atoms with E-state index < -0.39 is 6.10 Å². The normalized spacial score (nSPS) is 30.2. The first-order chi connectivity index (χ1) is 14.2. The first-order valence-electron chi connectivity index (χ1n) is 10.5. The molecule has 1 saturated carbocycles. The van der Waals surface area contributed by atoms with Crippen molar-refractivity contribution in [2.45, 2.75) is 50.4 Å². The molecule has 2 N–H and O–H groups in total. The van der Waals surface area contributed by atoms with Crippen LogP contribution in [0.1, 0.15) is 43.9 Å². The summed E-state index contributed by atoms with van der Waals surface area (Å²) in [5.41, 5.74) is 2.05. The summed E-state index contributed by atoms with van der Waals surface area (Å²) in [6, 6.07) is 10.2. The Labute approximate surface area is 171 Å². The molecule has 4 rings (SSSR count). The number of benzene rings is 1. The van der Waals surface area contributed by atoms with Gasteiger partial charge in [0.05, 0.1) is 6.10 Å². The lowest BCUT2D eigenvalue weighted by Crippen LogP contribution is -2.25. The minimum atomic E-state index is -0.525. The third kappa shape index (κ3) is 4.46. The van der Waals surface area contributed by atoms with Gasteiger partial charge in [0.25, 0.3) is 0 Å². The highest BCUT2D eigenvalue weighted by molar-refractivity contribution is 5.80. The van der Waals surface area contributed by atoms with Crippen LogP contribution in [0, 0.1) is 11.8 Å². The van der Waals surface area contributed by atoms with E-state index in [1.54, 1.807) is 7.11 Å². The summed E-state index contributed by atoms with van der Waals surface area (Å²) in [6.45, 7) is 0. The van der Waals surface area contributed by atoms with E-state index in [4.69, 9.17) is 9.47 Å². The van der Waals surface area contributed by atoms with Crippen LogP contribution >= 0.6 is 0 Å². The Kier molecular flexibility index (Phi) is 6.16. The van der Waals surface area contributed by atoms with E-state index >= 15 is 0 Å². The Morgan fingerprint density at radius 2 is 2.17 bits per heavy atom. The number of aliphatic hydroxyl groups is 1. The number of carbonyl (C=O) groups excluding carboxylic acids is 1. The molecule has 1 aliphatic heterocycles. The van der Waals surface area contributed by atoms with Crippen molar-refractivity contribution < 1.29 is 19.4 Å². The molecule has 2 aromatic rings. The molecule has 0 amide bonds. The van der Waals surface area contributed by atoms with Crippen LogP contribution in [0.2, 0.25) is 0 Å². The zero-order chi connectivity index (χ0) is 20.2. The van der Waals surface area contributed by atoms with E-state index in [0.717, 1.165) is 35.9 Å². The predicted octanol–water partition coefficient (Wildman–Crippen LogP) is 4.45. The number of ether oxygens (including phenoxy) is 2. The zero-order valence-electron chi connectivity index (χ0n) is 16.8. The maximum absolute atomic E-state index is 12.1. The number of fused-ring (bicyclic) bond motifs is 2. The number of hydrogen-bond donors (Lipinski definition) is 2. The molecule has 0 radical (unpaired) electrons. The average Bonchev–Trinajstić information content (AvgIpc) is 3.26. The number of methoxy groups -OCH3 is 1. The van der Waals surface area contributed by atoms with Gasteiger partial charge in [-0.25, -0.2) is 0 Å². The van der Waals surface area contributed by atoms with Gasteiger partial charge in [-0.3, -0.25) is 4.79 Å². The highest BCUT2D eigenvalue weighted by Crippen LogP contribution is 2.39. The van der Waals surface area contributed by atoms with Gasteiger partial charge in [0.2, 0.25) is 0 Å². The Morgan fingerprint density at radius 1 is 1.31 bits per heavy atom. The highest BCUT2D eigenvalue weighted by atomic mass is 16.5. The summed E-state index contributed by atoms with van der Waals surface area (Å²) >= 11 is 0. The molecule has 2 heterocycles. The Balaban J connectivity index is 1.54. The minimum absolute atomic E-state index is 0.0705. The smallest absolute Gasteiger partial charge is 0.306 e. The van der Waals surface area contributed by atoms with Crippen molar-refractivity contribution in [3.8, 4) is 0 Å². The number of carbonyl (C=O) groups is 1. The molecule has 0 bridgehead atoms. The molecule has 154 valence electrons. The number of esters is 1. The number of aromatic nitrogens is 1. The molecule has 1 aliphatic carbocycles. The van der Waals surface area contributed by atoms with E-state index in [1.807, 2.05) is 30.4 Å². The number of allylic oxidation sites excluding steroid dienone is 2. The SMILES string of the molecule is CO[C@H](/C=C/[C@@H]1[C@H]2C/C=C\CCCC(=O)O[C@H]2C[C@H]1O)c1cc2ccccc2[nH]1. The van der Waals surface area contributed by atoms with Crippen molar-refractivity contribution in [2.75, 3.05) is 7.11 Å². The van der Waals surface area contributed by atoms with E-state index in [-0.39, 0.29) is 30.0 Å². The van der Waals surface area contributed by atoms with Crippen molar-refractivity contribution in [1.82, 2.24) is 4.98 Å². The van der Waals surface area contributed by atoms with E-state index in [2.05, 4.69) is 29.3 Å². The third-order valence-corrected chi connectivity index (χ3v) is 6.12. The van der Waals surface area contributed by atoms with Crippen LogP contribution < -0.4 is 0 Å². The second kappa shape index (κ2) is 8.97. The summed E-state index contributed by atoms with van der Waals surface area (Å²) in [5, 5.41) is 11.8. The maximum Gasteiger partial charge on any atom is 0.306 e. The number of aromatic amines is 1. The quantitative estimate of drug-likeness (QED) is 0.593. The standard InChI is InChI=1S/C24H29NO4/c1-28-22(20-14-16-8-6-7-10-19(16)25-20)13-12-17-18-9-4-2-3-5-11-24(27)29-23(18)15-21(17)26/h2,4,6-8,10,12-14,17-18,21-23,25-26H,3,5,9,11,15H2,1H3/b4-2-,13-12+/t17-,18-,21-,22-,23+/m1/s1. The van der Waals surface area contributed by atoms with Crippen LogP contribution in [0.4, 0.5) is 0 Å². The van der Waals surface area contributed by atoms with Crippen molar-refractivity contribution in [2.24, 2.45) is 11.8 Å². The average molecular weight is 395 g/mol. The number of H-pyrrole nitrogens is 1. The van der Waals surface area contributed by atoms with Crippen LogP contribution in [-0.4, -0.2) is 35.4 Å². The molecule has 0 saturated heterocycles. The van der Waals surface area contributed by atoms with Crippen LogP contribution in [0.5, 0.6) is 0 Å². The summed E-state index contributed by atoms with van der Waals surface area (Å²) < 4.78 is 11.4. The van der Waals surface area contributed by atoms with Crippen molar-refractivity contribution in [3.63, 3.8) is 0 Å². The Hall–Kier alpha value is -2.37. The first kappa shape index (κ1) is 19.9. The second-order valence-corrected chi connectivity index (χ2v) is 8.03. The number of para-hydroxylation sites is 1. The van der Waals surface area contributed by atoms with Gasteiger partial charge in [0, 0.05) is 43.0 Å². The van der Waals surface area contributed by atoms with Crippen LogP contribution in [-0.2, 0) is 14.3 Å². The number of hydrogen-bond acceptors (Lipinski definition) is 4. The number of aliphatic hydroxyl groups excluding tert-OH is 1. The lowest BCUT2D eigenvalue weighted by Gasteiger charge is -2.23. The van der Waals surface area contributed by atoms with Crippen LogP contribution in [0.3, 0.4) is 0 Å². The molecular formula is C24H29NO4. The van der Waals surface area contributed by atoms with Gasteiger partial charge in [0.1, 0.15) is 12.2 Å². The van der Waals surface area contributed by atoms with Crippen molar-refractivity contribution >= 4 is 16.9 Å². The fraction of sp³-hybridized carbons (Fsp3) is 0.458. The number of nitrogens with one attached hydrogen (secondary N) is 1. The fourth-order valence-corrected chi connectivity index (χ4v) is 4.57. The largest absolute Gasteiger partial charge is 0.462 e. The van der Waals surface area contributed by atoms with Gasteiger partial charge in [-0.05, 0) is 36.8 Å². The van der Waals surface area contributed by atoms with Gasteiger partial charge >= 0.3 is 5.97 Å². The highest BCUT2D eigenvalue weighted by Gasteiger charge is 2.42. The molecule has 5 heteroatoms. The summed E-state index contributed by atoms with van der Waals surface area (Å²) in [4.78, 5) is 15.5. The molecular weight excluding hydrogens is 366 g/mol. The molecule has 0 spiro atoms. The van der Waals surface area contributed by atoms with Gasteiger partial charge < -0.3 is 19.6 Å². The lowest BCUT2D eigenvalue weighted by molar-refractivity contribution is -0.151.